The van der Waals surface area contributed by atoms with E-state index in [0.717, 1.165) is 0 Å². The standard InChI is InChI=1S/C11H8ClFO2/c12-9-3-1-7(5-10(9)13)11-4-2-8(6-14)15-11/h1-5,14H,6H2. The van der Waals surface area contributed by atoms with Crippen molar-refractivity contribution >= 4 is 11.6 Å². The van der Waals surface area contributed by atoms with Crippen LogP contribution in [-0.4, -0.2) is 5.11 Å². The van der Waals surface area contributed by atoms with Gasteiger partial charge in [0.25, 0.3) is 0 Å². The molecular formula is C11H8ClFO2. The highest BCUT2D eigenvalue weighted by molar-refractivity contribution is 6.30. The van der Waals surface area contributed by atoms with Gasteiger partial charge < -0.3 is 9.52 Å². The predicted molar refractivity (Wildman–Crippen MR) is 55.0 cm³/mol. The van der Waals surface area contributed by atoms with Gasteiger partial charge in [-0.05, 0) is 30.3 Å². The first-order valence-electron chi connectivity index (χ1n) is 4.35. The molecule has 78 valence electrons. The van der Waals surface area contributed by atoms with Crippen LogP contribution in [0.4, 0.5) is 4.39 Å². The number of hydrogen-bond acceptors (Lipinski definition) is 2. The number of benzene rings is 1. The van der Waals surface area contributed by atoms with Crippen molar-refractivity contribution < 1.29 is 13.9 Å². The van der Waals surface area contributed by atoms with Gasteiger partial charge in [-0.2, -0.15) is 0 Å². The van der Waals surface area contributed by atoms with Crippen molar-refractivity contribution in [2.45, 2.75) is 6.61 Å². The maximum Gasteiger partial charge on any atom is 0.142 e. The van der Waals surface area contributed by atoms with Gasteiger partial charge in [0.05, 0.1) is 5.02 Å². The maximum absolute atomic E-state index is 13.1. The second-order valence-electron chi connectivity index (χ2n) is 3.05. The first-order valence-corrected chi connectivity index (χ1v) is 4.73. The molecule has 2 nitrogen and oxygen atoms in total. The summed E-state index contributed by atoms with van der Waals surface area (Å²) in [7, 11) is 0. The van der Waals surface area contributed by atoms with Gasteiger partial charge in [-0.15, -0.1) is 0 Å². The molecule has 0 aliphatic heterocycles. The van der Waals surface area contributed by atoms with E-state index >= 15 is 0 Å². The van der Waals surface area contributed by atoms with E-state index in [4.69, 9.17) is 21.1 Å². The summed E-state index contributed by atoms with van der Waals surface area (Å²) in [6.07, 6.45) is 0. The first-order chi connectivity index (χ1) is 7.20. The zero-order chi connectivity index (χ0) is 10.8. The highest BCUT2D eigenvalue weighted by atomic mass is 35.5. The van der Waals surface area contributed by atoms with E-state index in [1.807, 2.05) is 0 Å². The normalized spacial score (nSPS) is 10.6. The molecular weight excluding hydrogens is 219 g/mol. The first kappa shape index (κ1) is 10.2. The summed E-state index contributed by atoms with van der Waals surface area (Å²) in [4.78, 5) is 0. The van der Waals surface area contributed by atoms with Gasteiger partial charge >= 0.3 is 0 Å². The van der Waals surface area contributed by atoms with Crippen LogP contribution in [0.1, 0.15) is 5.76 Å². The maximum atomic E-state index is 13.1. The SMILES string of the molecule is OCc1ccc(-c2ccc(Cl)c(F)c2)o1. The van der Waals surface area contributed by atoms with Crippen molar-refractivity contribution in [2.24, 2.45) is 0 Å². The highest BCUT2D eigenvalue weighted by Gasteiger charge is 2.07. The molecule has 0 saturated heterocycles. The Hall–Kier alpha value is -1.32. The molecule has 0 atom stereocenters. The Morgan fingerprint density at radius 1 is 1.27 bits per heavy atom. The molecule has 0 amide bonds. The summed E-state index contributed by atoms with van der Waals surface area (Å²) < 4.78 is 18.4. The van der Waals surface area contributed by atoms with Crippen LogP contribution in [0.2, 0.25) is 5.02 Å². The lowest BCUT2D eigenvalue weighted by Gasteiger charge is -1.98. The fourth-order valence-electron chi connectivity index (χ4n) is 1.27. The Labute approximate surface area is 90.9 Å². The molecule has 4 heteroatoms. The van der Waals surface area contributed by atoms with E-state index in [1.54, 1.807) is 18.2 Å². The third kappa shape index (κ3) is 2.03. The number of aliphatic hydroxyl groups excluding tert-OH is 1. The average molecular weight is 227 g/mol. The van der Waals surface area contributed by atoms with Crippen molar-refractivity contribution in [3.8, 4) is 11.3 Å². The van der Waals surface area contributed by atoms with E-state index in [9.17, 15) is 4.39 Å². The van der Waals surface area contributed by atoms with Gasteiger partial charge in [-0.3, -0.25) is 0 Å². The molecule has 0 aliphatic rings. The molecule has 1 heterocycles. The lowest BCUT2D eigenvalue weighted by molar-refractivity contribution is 0.248. The average Bonchev–Trinajstić information content (AvgIpc) is 2.70. The van der Waals surface area contributed by atoms with Crippen LogP contribution < -0.4 is 0 Å². The minimum atomic E-state index is -0.490. The molecule has 0 radical (unpaired) electrons. The molecule has 0 spiro atoms. The summed E-state index contributed by atoms with van der Waals surface area (Å²) in [5.74, 6) is 0.464. The molecule has 0 aliphatic carbocycles. The van der Waals surface area contributed by atoms with Crippen molar-refractivity contribution in [2.75, 3.05) is 0 Å². The largest absolute Gasteiger partial charge is 0.459 e. The van der Waals surface area contributed by atoms with Gasteiger partial charge in [0.1, 0.15) is 23.9 Å². The number of halogens is 2. The fourth-order valence-corrected chi connectivity index (χ4v) is 1.38. The van der Waals surface area contributed by atoms with Crippen LogP contribution >= 0.6 is 11.6 Å². The Kier molecular flexibility index (Phi) is 2.75. The van der Waals surface area contributed by atoms with Crippen LogP contribution in [0, 0.1) is 5.82 Å². The monoisotopic (exact) mass is 226 g/mol. The van der Waals surface area contributed by atoms with Crippen LogP contribution in [0.25, 0.3) is 11.3 Å². The third-order valence-electron chi connectivity index (χ3n) is 2.02. The molecule has 1 N–H and O–H groups in total. The lowest BCUT2D eigenvalue weighted by atomic mass is 10.2. The molecule has 2 aromatic rings. The third-order valence-corrected chi connectivity index (χ3v) is 2.33. The Bertz CT molecular complexity index is 479. The zero-order valence-corrected chi connectivity index (χ0v) is 8.46. The number of aliphatic hydroxyl groups is 1. The summed E-state index contributed by atoms with van der Waals surface area (Å²) in [6.45, 7) is -0.171. The van der Waals surface area contributed by atoms with Crippen molar-refractivity contribution in [1.82, 2.24) is 0 Å². The van der Waals surface area contributed by atoms with Gasteiger partial charge in [0.2, 0.25) is 0 Å². The Morgan fingerprint density at radius 3 is 2.67 bits per heavy atom. The van der Waals surface area contributed by atoms with E-state index in [-0.39, 0.29) is 11.6 Å². The van der Waals surface area contributed by atoms with E-state index in [1.165, 1.54) is 12.1 Å². The van der Waals surface area contributed by atoms with Crippen molar-refractivity contribution in [1.29, 1.82) is 0 Å². The molecule has 0 bridgehead atoms. The zero-order valence-electron chi connectivity index (χ0n) is 7.71. The smallest absolute Gasteiger partial charge is 0.142 e. The number of rotatable bonds is 2. The topological polar surface area (TPSA) is 33.4 Å². The van der Waals surface area contributed by atoms with Crippen LogP contribution in [0.15, 0.2) is 34.7 Å². The molecule has 1 aromatic carbocycles. The summed E-state index contributed by atoms with van der Waals surface area (Å²) in [5, 5.41) is 8.88. The lowest BCUT2D eigenvalue weighted by Crippen LogP contribution is -1.79. The van der Waals surface area contributed by atoms with Crippen LogP contribution in [-0.2, 0) is 6.61 Å². The second-order valence-corrected chi connectivity index (χ2v) is 3.46. The molecule has 15 heavy (non-hydrogen) atoms. The molecule has 1 aromatic heterocycles. The minimum absolute atomic E-state index is 0.0766. The summed E-state index contributed by atoms with van der Waals surface area (Å²) >= 11 is 5.55. The Balaban J connectivity index is 2.40. The minimum Gasteiger partial charge on any atom is -0.459 e. The fraction of sp³-hybridized carbons (Fsp3) is 0.0909. The van der Waals surface area contributed by atoms with Crippen molar-refractivity contribution in [3.05, 3.63) is 46.9 Å². The van der Waals surface area contributed by atoms with Crippen LogP contribution in [0.5, 0.6) is 0 Å². The highest BCUT2D eigenvalue weighted by Crippen LogP contribution is 2.25. The molecule has 0 unspecified atom stereocenters. The predicted octanol–water partition coefficient (Wildman–Crippen LogP) is 3.23. The van der Waals surface area contributed by atoms with Crippen LogP contribution in [0.3, 0.4) is 0 Å². The van der Waals surface area contributed by atoms with E-state index in [2.05, 4.69) is 0 Å². The molecule has 0 saturated carbocycles. The summed E-state index contributed by atoms with van der Waals surface area (Å²) in [5.41, 5.74) is 0.594. The van der Waals surface area contributed by atoms with Gasteiger partial charge in [0, 0.05) is 5.56 Å². The van der Waals surface area contributed by atoms with Gasteiger partial charge in [-0.25, -0.2) is 4.39 Å². The molecule has 2 rings (SSSR count). The van der Waals surface area contributed by atoms with E-state index in [0.29, 0.717) is 17.1 Å². The van der Waals surface area contributed by atoms with Gasteiger partial charge in [0.15, 0.2) is 0 Å². The van der Waals surface area contributed by atoms with Crippen molar-refractivity contribution in [3.63, 3.8) is 0 Å². The quantitative estimate of drug-likeness (QED) is 0.853. The number of hydrogen-bond donors (Lipinski definition) is 1. The number of furan rings is 1. The second kappa shape index (κ2) is 4.04. The Morgan fingerprint density at radius 2 is 2.07 bits per heavy atom. The summed E-state index contributed by atoms with van der Waals surface area (Å²) in [6, 6.07) is 7.73. The van der Waals surface area contributed by atoms with E-state index < -0.39 is 5.82 Å². The molecule has 0 fully saturated rings. The van der Waals surface area contributed by atoms with Gasteiger partial charge in [-0.1, -0.05) is 11.6 Å².